The summed E-state index contributed by atoms with van der Waals surface area (Å²) in [6.45, 7) is 8.11. The Balaban J connectivity index is 1.40. The van der Waals surface area contributed by atoms with E-state index in [1.54, 1.807) is 0 Å². The van der Waals surface area contributed by atoms with Crippen molar-refractivity contribution in [3.63, 3.8) is 0 Å². The van der Waals surface area contributed by atoms with Crippen LogP contribution in [0.4, 0.5) is 21.9 Å². The first-order chi connectivity index (χ1) is 14.1. The van der Waals surface area contributed by atoms with Gasteiger partial charge in [0.1, 0.15) is 0 Å². The van der Waals surface area contributed by atoms with Crippen LogP contribution in [0.1, 0.15) is 5.56 Å². The van der Waals surface area contributed by atoms with Crippen molar-refractivity contribution in [1.82, 2.24) is 4.90 Å². The van der Waals surface area contributed by atoms with Gasteiger partial charge in [-0.05, 0) is 42.8 Å². The van der Waals surface area contributed by atoms with Gasteiger partial charge in [-0.1, -0.05) is 23.7 Å². The fraction of sp³-hybridized carbons (Fsp3) is 0.409. The Morgan fingerprint density at radius 3 is 2.45 bits per heavy atom. The third-order valence-electron chi connectivity index (χ3n) is 5.49. The molecule has 29 heavy (non-hydrogen) atoms. The largest absolute Gasteiger partial charge is 0.378 e. The van der Waals surface area contributed by atoms with Gasteiger partial charge in [-0.3, -0.25) is 0 Å². The number of hydrogen-bond acceptors (Lipinski definition) is 4. The van der Waals surface area contributed by atoms with E-state index in [0.717, 1.165) is 37.6 Å². The van der Waals surface area contributed by atoms with Crippen LogP contribution < -0.4 is 15.1 Å². The van der Waals surface area contributed by atoms with Gasteiger partial charge in [-0.15, -0.1) is 0 Å². The Kier molecular flexibility index (Phi) is 6.11. The van der Waals surface area contributed by atoms with Gasteiger partial charge in [0.2, 0.25) is 0 Å². The number of halogens is 1. The summed E-state index contributed by atoms with van der Waals surface area (Å²) >= 11 is 6.21. The van der Waals surface area contributed by atoms with Crippen LogP contribution in [0.25, 0.3) is 0 Å². The molecule has 2 fully saturated rings. The van der Waals surface area contributed by atoms with Crippen LogP contribution in [0.5, 0.6) is 0 Å². The highest BCUT2D eigenvalue weighted by molar-refractivity contribution is 6.31. The topological polar surface area (TPSA) is 48.0 Å². The first kappa shape index (κ1) is 19.9. The van der Waals surface area contributed by atoms with Crippen LogP contribution in [0.15, 0.2) is 42.5 Å². The molecule has 2 amide bonds. The number of morpholine rings is 1. The number of ether oxygens (including phenoxy) is 1. The molecular formula is C22H27ClN4O2. The summed E-state index contributed by atoms with van der Waals surface area (Å²) in [7, 11) is 0. The summed E-state index contributed by atoms with van der Waals surface area (Å²) < 4.78 is 5.45. The van der Waals surface area contributed by atoms with Crippen molar-refractivity contribution in [2.45, 2.75) is 6.92 Å². The fourth-order valence-electron chi connectivity index (χ4n) is 3.88. The third-order valence-corrected chi connectivity index (χ3v) is 5.72. The van der Waals surface area contributed by atoms with E-state index in [0.29, 0.717) is 31.3 Å². The fourth-order valence-corrected chi connectivity index (χ4v) is 4.05. The number of anilines is 3. The average molecular weight is 415 g/mol. The number of hydrogen-bond donors (Lipinski definition) is 1. The first-order valence-corrected chi connectivity index (χ1v) is 10.5. The van der Waals surface area contributed by atoms with E-state index >= 15 is 0 Å². The number of urea groups is 1. The lowest BCUT2D eigenvalue weighted by molar-refractivity contribution is 0.123. The highest BCUT2D eigenvalue weighted by atomic mass is 35.5. The lowest BCUT2D eigenvalue weighted by atomic mass is 10.2. The molecule has 2 aromatic rings. The molecule has 2 aliphatic rings. The zero-order valence-electron chi connectivity index (χ0n) is 16.7. The highest BCUT2D eigenvalue weighted by Gasteiger charge is 2.23. The van der Waals surface area contributed by atoms with Gasteiger partial charge in [-0.2, -0.15) is 0 Å². The molecule has 2 aromatic carbocycles. The lowest BCUT2D eigenvalue weighted by Crippen LogP contribution is -2.50. The van der Waals surface area contributed by atoms with E-state index < -0.39 is 0 Å². The normalized spacial score (nSPS) is 17.4. The first-order valence-electron chi connectivity index (χ1n) is 10.1. The number of benzene rings is 2. The summed E-state index contributed by atoms with van der Waals surface area (Å²) in [5, 5.41) is 3.70. The second-order valence-electron chi connectivity index (χ2n) is 7.50. The van der Waals surface area contributed by atoms with Gasteiger partial charge in [0.15, 0.2) is 0 Å². The molecule has 0 atom stereocenters. The minimum absolute atomic E-state index is 0.0781. The van der Waals surface area contributed by atoms with Crippen LogP contribution in [0.2, 0.25) is 5.02 Å². The van der Waals surface area contributed by atoms with Gasteiger partial charge in [0.05, 0.1) is 24.6 Å². The molecule has 0 bridgehead atoms. The molecule has 0 radical (unpaired) electrons. The summed E-state index contributed by atoms with van der Waals surface area (Å²) in [6, 6.07) is 14.1. The van der Waals surface area contributed by atoms with Gasteiger partial charge in [-0.25, -0.2) is 4.79 Å². The number of piperazine rings is 1. The van der Waals surface area contributed by atoms with E-state index in [4.69, 9.17) is 16.3 Å². The number of aryl methyl sites for hydroxylation is 1. The Bertz CT molecular complexity index is 862. The standard InChI is InChI=1S/C22H27ClN4O2/c1-17-3-2-4-19(15-17)25-7-9-27(10-8-25)22(28)24-20-16-18(23)5-6-21(20)26-11-13-29-14-12-26/h2-6,15-16H,7-14H2,1H3,(H,24,28). The Hall–Kier alpha value is -2.44. The smallest absolute Gasteiger partial charge is 0.322 e. The van der Waals surface area contributed by atoms with Crippen molar-refractivity contribution >= 4 is 34.7 Å². The second kappa shape index (κ2) is 8.93. The molecular weight excluding hydrogens is 388 g/mol. The molecule has 2 aliphatic heterocycles. The predicted molar refractivity (Wildman–Crippen MR) is 118 cm³/mol. The maximum absolute atomic E-state index is 12.9. The summed E-state index contributed by atoms with van der Waals surface area (Å²) in [6.07, 6.45) is 0. The SMILES string of the molecule is Cc1cccc(N2CCN(C(=O)Nc3cc(Cl)ccc3N3CCOCC3)CC2)c1. The van der Waals surface area contributed by atoms with Crippen LogP contribution >= 0.6 is 11.6 Å². The highest BCUT2D eigenvalue weighted by Crippen LogP contribution is 2.30. The molecule has 4 rings (SSSR count). The summed E-state index contributed by atoms with van der Waals surface area (Å²) in [4.78, 5) is 19.3. The maximum Gasteiger partial charge on any atom is 0.322 e. The second-order valence-corrected chi connectivity index (χ2v) is 7.94. The van der Waals surface area contributed by atoms with Gasteiger partial charge < -0.3 is 24.8 Å². The molecule has 0 aliphatic carbocycles. The van der Waals surface area contributed by atoms with Crippen LogP contribution in [0.3, 0.4) is 0 Å². The lowest BCUT2D eigenvalue weighted by Gasteiger charge is -2.36. The molecule has 0 unspecified atom stereocenters. The Morgan fingerprint density at radius 2 is 1.72 bits per heavy atom. The van der Waals surface area contributed by atoms with Crippen molar-refractivity contribution in [1.29, 1.82) is 0 Å². The molecule has 1 N–H and O–H groups in total. The number of nitrogens with one attached hydrogen (secondary N) is 1. The number of carbonyl (C=O) groups is 1. The van der Waals surface area contributed by atoms with E-state index in [-0.39, 0.29) is 6.03 Å². The predicted octanol–water partition coefficient (Wildman–Crippen LogP) is 3.84. The van der Waals surface area contributed by atoms with Crippen molar-refractivity contribution in [2.24, 2.45) is 0 Å². The third kappa shape index (κ3) is 4.77. The van der Waals surface area contributed by atoms with Crippen molar-refractivity contribution in [3.8, 4) is 0 Å². The number of rotatable bonds is 3. The van der Waals surface area contributed by atoms with E-state index in [1.165, 1.54) is 11.3 Å². The zero-order valence-corrected chi connectivity index (χ0v) is 17.5. The van der Waals surface area contributed by atoms with E-state index in [9.17, 15) is 4.79 Å². The number of nitrogens with zero attached hydrogens (tertiary/aromatic N) is 3. The van der Waals surface area contributed by atoms with Crippen molar-refractivity contribution in [2.75, 3.05) is 67.6 Å². The van der Waals surface area contributed by atoms with Gasteiger partial charge in [0.25, 0.3) is 0 Å². The van der Waals surface area contributed by atoms with E-state index in [2.05, 4.69) is 46.3 Å². The minimum atomic E-state index is -0.0781. The minimum Gasteiger partial charge on any atom is -0.378 e. The van der Waals surface area contributed by atoms with Crippen LogP contribution in [0, 0.1) is 6.92 Å². The summed E-state index contributed by atoms with van der Waals surface area (Å²) in [5.74, 6) is 0. The van der Waals surface area contributed by atoms with Crippen LogP contribution in [-0.4, -0.2) is 63.4 Å². The van der Waals surface area contributed by atoms with Crippen LogP contribution in [-0.2, 0) is 4.74 Å². The van der Waals surface area contributed by atoms with Gasteiger partial charge >= 0.3 is 6.03 Å². The molecule has 2 saturated heterocycles. The van der Waals surface area contributed by atoms with E-state index in [1.807, 2.05) is 23.1 Å². The summed E-state index contributed by atoms with van der Waals surface area (Å²) in [5.41, 5.74) is 4.21. The van der Waals surface area contributed by atoms with Gasteiger partial charge in [0, 0.05) is 50.0 Å². The monoisotopic (exact) mass is 414 g/mol. The maximum atomic E-state index is 12.9. The Labute approximate surface area is 177 Å². The Morgan fingerprint density at radius 1 is 0.966 bits per heavy atom. The van der Waals surface area contributed by atoms with Crippen molar-refractivity contribution in [3.05, 3.63) is 53.1 Å². The molecule has 0 aromatic heterocycles. The molecule has 6 nitrogen and oxygen atoms in total. The molecule has 0 saturated carbocycles. The molecule has 154 valence electrons. The average Bonchev–Trinajstić information content (AvgIpc) is 2.74. The molecule has 0 spiro atoms. The number of carbonyl (C=O) groups excluding carboxylic acids is 1. The molecule has 2 heterocycles. The number of amides is 2. The van der Waals surface area contributed by atoms with Crippen molar-refractivity contribution < 1.29 is 9.53 Å². The zero-order chi connectivity index (χ0) is 20.2. The quantitative estimate of drug-likeness (QED) is 0.829. The molecule has 7 heteroatoms.